The van der Waals surface area contributed by atoms with Gasteiger partial charge < -0.3 is 15.2 Å². The maximum Gasteiger partial charge on any atom is 0.124 e. The minimum Gasteiger partial charge on any atom is -0.493 e. The van der Waals surface area contributed by atoms with E-state index in [1.54, 1.807) is 6.07 Å². The number of hydrogen-bond donors (Lipinski definition) is 1. The van der Waals surface area contributed by atoms with Crippen molar-refractivity contribution in [3.05, 3.63) is 59.4 Å². The monoisotopic (exact) mass is 287 g/mol. The van der Waals surface area contributed by atoms with E-state index >= 15 is 0 Å². The van der Waals surface area contributed by atoms with E-state index in [1.807, 2.05) is 31.2 Å². The molecule has 0 saturated heterocycles. The second-order valence-electron chi connectivity index (χ2n) is 5.33. The summed E-state index contributed by atoms with van der Waals surface area (Å²) in [6, 6.07) is 12.1. The van der Waals surface area contributed by atoms with E-state index in [-0.39, 0.29) is 17.8 Å². The van der Waals surface area contributed by atoms with Crippen LogP contribution in [0.4, 0.5) is 4.39 Å². The van der Waals surface area contributed by atoms with Gasteiger partial charge in [-0.05, 0) is 31.2 Å². The van der Waals surface area contributed by atoms with E-state index < -0.39 is 0 Å². The fourth-order valence-electron chi connectivity index (χ4n) is 2.56. The largest absolute Gasteiger partial charge is 0.493 e. The number of fused-ring (bicyclic) bond motifs is 1. The molecule has 0 radical (unpaired) electrons. The Kier molecular flexibility index (Phi) is 3.80. The molecule has 2 N–H and O–H groups in total. The molecule has 1 heterocycles. The predicted molar refractivity (Wildman–Crippen MR) is 79.2 cm³/mol. The first-order chi connectivity index (χ1) is 10.1. The van der Waals surface area contributed by atoms with Gasteiger partial charge in [0.15, 0.2) is 0 Å². The molecule has 110 valence electrons. The normalized spacial score (nSPS) is 18.0. The Labute approximate surface area is 123 Å². The Morgan fingerprint density at radius 2 is 2.14 bits per heavy atom. The van der Waals surface area contributed by atoms with Crippen molar-refractivity contribution in [1.29, 1.82) is 0 Å². The third kappa shape index (κ3) is 2.85. The second-order valence-corrected chi connectivity index (χ2v) is 5.33. The number of nitrogens with two attached hydrogens (primary N) is 1. The summed E-state index contributed by atoms with van der Waals surface area (Å²) in [7, 11) is 0. The Morgan fingerprint density at radius 1 is 1.33 bits per heavy atom. The number of halogens is 1. The van der Waals surface area contributed by atoms with Crippen molar-refractivity contribution in [2.24, 2.45) is 5.73 Å². The highest BCUT2D eigenvalue weighted by molar-refractivity contribution is 5.40. The fraction of sp³-hybridized carbons (Fsp3) is 0.294. The van der Waals surface area contributed by atoms with Gasteiger partial charge in [-0.1, -0.05) is 18.2 Å². The molecular weight excluding hydrogens is 269 g/mol. The van der Waals surface area contributed by atoms with Crippen LogP contribution in [0.3, 0.4) is 0 Å². The molecule has 0 fully saturated rings. The molecule has 0 aliphatic carbocycles. The lowest BCUT2D eigenvalue weighted by molar-refractivity contribution is 0.246. The van der Waals surface area contributed by atoms with Crippen LogP contribution in [0.1, 0.15) is 30.0 Å². The molecule has 3 nitrogen and oxygen atoms in total. The number of hydrogen-bond acceptors (Lipinski definition) is 3. The van der Waals surface area contributed by atoms with E-state index in [9.17, 15) is 4.39 Å². The van der Waals surface area contributed by atoms with Gasteiger partial charge in [-0.25, -0.2) is 4.39 Å². The topological polar surface area (TPSA) is 44.5 Å². The highest BCUT2D eigenvalue weighted by Crippen LogP contribution is 2.34. The molecule has 0 amide bonds. The van der Waals surface area contributed by atoms with Crippen LogP contribution in [0.15, 0.2) is 42.5 Å². The van der Waals surface area contributed by atoms with Crippen LogP contribution in [-0.2, 0) is 0 Å². The first kappa shape index (κ1) is 13.9. The molecular formula is C17H18FNO2. The van der Waals surface area contributed by atoms with E-state index in [1.165, 1.54) is 12.1 Å². The summed E-state index contributed by atoms with van der Waals surface area (Å²) in [5, 5.41) is 0. The van der Waals surface area contributed by atoms with Gasteiger partial charge in [0.2, 0.25) is 0 Å². The number of para-hydroxylation sites is 1. The van der Waals surface area contributed by atoms with E-state index in [0.717, 1.165) is 11.3 Å². The minimum absolute atomic E-state index is 0.187. The molecule has 2 aromatic rings. The van der Waals surface area contributed by atoms with Crippen LogP contribution < -0.4 is 15.2 Å². The van der Waals surface area contributed by atoms with Crippen LogP contribution in [0.5, 0.6) is 11.5 Å². The highest BCUT2D eigenvalue weighted by atomic mass is 19.1. The average Bonchev–Trinajstić information content (AvgIpc) is 2.89. The summed E-state index contributed by atoms with van der Waals surface area (Å²) in [5.74, 6) is 1.43. The molecule has 3 rings (SSSR count). The lowest BCUT2D eigenvalue weighted by Crippen LogP contribution is -2.14. The number of benzene rings is 2. The van der Waals surface area contributed by atoms with Crippen molar-refractivity contribution in [3.8, 4) is 11.5 Å². The molecule has 0 bridgehead atoms. The van der Waals surface area contributed by atoms with Crippen molar-refractivity contribution < 1.29 is 13.9 Å². The Morgan fingerprint density at radius 3 is 2.95 bits per heavy atom. The smallest absolute Gasteiger partial charge is 0.124 e. The Bertz CT molecular complexity index is 642. The van der Waals surface area contributed by atoms with Gasteiger partial charge in [-0.3, -0.25) is 0 Å². The molecule has 0 spiro atoms. The lowest BCUT2D eigenvalue weighted by atomic mass is 10.0. The molecule has 1 unspecified atom stereocenters. The Balaban J connectivity index is 1.75. The predicted octanol–water partition coefficient (Wildman–Crippen LogP) is 3.40. The van der Waals surface area contributed by atoms with Crippen LogP contribution >= 0.6 is 0 Å². The van der Waals surface area contributed by atoms with Crippen molar-refractivity contribution in [2.75, 3.05) is 13.2 Å². The average molecular weight is 287 g/mol. The SMILES string of the molecule is C[C@@H](N)c1cc(F)ccc1OCC1COc2ccccc21. The van der Waals surface area contributed by atoms with Gasteiger partial charge >= 0.3 is 0 Å². The number of rotatable bonds is 4. The first-order valence-corrected chi connectivity index (χ1v) is 7.04. The van der Waals surface area contributed by atoms with E-state index in [4.69, 9.17) is 15.2 Å². The van der Waals surface area contributed by atoms with Crippen LogP contribution in [0.25, 0.3) is 0 Å². The summed E-state index contributed by atoms with van der Waals surface area (Å²) in [6.45, 7) is 2.91. The molecule has 2 aromatic carbocycles. The number of ether oxygens (including phenoxy) is 2. The second kappa shape index (κ2) is 5.74. The fourth-order valence-corrected chi connectivity index (χ4v) is 2.56. The summed E-state index contributed by atoms with van der Waals surface area (Å²) in [4.78, 5) is 0. The molecule has 0 saturated carbocycles. The molecule has 0 aromatic heterocycles. The van der Waals surface area contributed by atoms with Crippen LogP contribution in [-0.4, -0.2) is 13.2 Å². The van der Waals surface area contributed by atoms with Gasteiger partial charge in [-0.2, -0.15) is 0 Å². The standard InChI is InChI=1S/C17H18FNO2/c1-11(19)15-8-13(18)6-7-17(15)21-10-12-9-20-16-5-3-2-4-14(12)16/h2-8,11-12H,9-10,19H2,1H3/t11-,12?/m1/s1. The van der Waals surface area contributed by atoms with Gasteiger partial charge in [0.1, 0.15) is 17.3 Å². The van der Waals surface area contributed by atoms with Gasteiger partial charge in [-0.15, -0.1) is 0 Å². The molecule has 2 atom stereocenters. The summed E-state index contributed by atoms with van der Waals surface area (Å²) < 4.78 is 24.8. The Hall–Kier alpha value is -2.07. The van der Waals surface area contributed by atoms with Crippen LogP contribution in [0, 0.1) is 5.82 Å². The zero-order valence-corrected chi connectivity index (χ0v) is 11.9. The minimum atomic E-state index is -0.302. The maximum atomic E-state index is 13.3. The maximum absolute atomic E-state index is 13.3. The summed E-state index contributed by atoms with van der Waals surface area (Å²) in [5.41, 5.74) is 7.71. The summed E-state index contributed by atoms with van der Waals surface area (Å²) in [6.07, 6.45) is 0. The molecule has 4 heteroatoms. The highest BCUT2D eigenvalue weighted by Gasteiger charge is 2.24. The molecule has 1 aliphatic rings. The lowest BCUT2D eigenvalue weighted by Gasteiger charge is -2.16. The molecule has 1 aliphatic heterocycles. The van der Waals surface area contributed by atoms with Crippen molar-refractivity contribution in [3.63, 3.8) is 0 Å². The van der Waals surface area contributed by atoms with E-state index in [0.29, 0.717) is 24.5 Å². The van der Waals surface area contributed by atoms with Gasteiger partial charge in [0, 0.05) is 17.2 Å². The summed E-state index contributed by atoms with van der Waals surface area (Å²) >= 11 is 0. The van der Waals surface area contributed by atoms with Crippen molar-refractivity contribution >= 4 is 0 Å². The zero-order valence-electron chi connectivity index (χ0n) is 11.9. The first-order valence-electron chi connectivity index (χ1n) is 7.04. The molecule has 21 heavy (non-hydrogen) atoms. The third-order valence-electron chi connectivity index (χ3n) is 3.70. The van der Waals surface area contributed by atoms with Gasteiger partial charge in [0.05, 0.1) is 19.1 Å². The van der Waals surface area contributed by atoms with Crippen molar-refractivity contribution in [1.82, 2.24) is 0 Å². The zero-order chi connectivity index (χ0) is 14.8. The van der Waals surface area contributed by atoms with Crippen LogP contribution in [0.2, 0.25) is 0 Å². The van der Waals surface area contributed by atoms with Crippen molar-refractivity contribution in [2.45, 2.75) is 18.9 Å². The van der Waals surface area contributed by atoms with E-state index in [2.05, 4.69) is 0 Å². The van der Waals surface area contributed by atoms with Gasteiger partial charge in [0.25, 0.3) is 0 Å². The third-order valence-corrected chi connectivity index (χ3v) is 3.70. The quantitative estimate of drug-likeness (QED) is 0.937.